The molecule has 1 aromatic heterocycles. The molecule has 0 aliphatic carbocycles. The van der Waals surface area contributed by atoms with Crippen molar-refractivity contribution in [1.82, 2.24) is 4.98 Å². The van der Waals surface area contributed by atoms with E-state index >= 15 is 0 Å². The van der Waals surface area contributed by atoms with Crippen LogP contribution in [-0.2, 0) is 4.74 Å². The van der Waals surface area contributed by atoms with Crippen molar-refractivity contribution in [2.75, 3.05) is 0 Å². The van der Waals surface area contributed by atoms with Crippen molar-refractivity contribution in [2.24, 2.45) is 5.92 Å². The number of ketones is 1. The minimum Gasteiger partial charge on any atom is -0.375 e. The molecule has 2 bridgehead atoms. The maximum Gasteiger partial charge on any atom is 0.184 e. The zero-order valence-corrected chi connectivity index (χ0v) is 11.3. The topological polar surface area (TPSA) is 39.2 Å². The quantitative estimate of drug-likeness (QED) is 0.783. The third kappa shape index (κ3) is 2.02. The lowest BCUT2D eigenvalue weighted by Gasteiger charge is -2.27. The normalized spacial score (nSPS) is 28.7. The fraction of sp³-hybridized carbons (Fsp3) is 0.412. The first kappa shape index (κ1) is 12.0. The Morgan fingerprint density at radius 3 is 2.60 bits per heavy atom. The highest BCUT2D eigenvalue weighted by Gasteiger charge is 2.38. The first-order chi connectivity index (χ1) is 9.79. The van der Waals surface area contributed by atoms with E-state index in [1.54, 1.807) is 0 Å². The highest BCUT2D eigenvalue weighted by atomic mass is 16.5. The Kier molecular flexibility index (Phi) is 2.81. The molecule has 1 aromatic carbocycles. The molecule has 4 rings (SSSR count). The Morgan fingerprint density at radius 2 is 1.80 bits per heavy atom. The second kappa shape index (κ2) is 4.67. The van der Waals surface area contributed by atoms with Gasteiger partial charge in [-0.2, -0.15) is 0 Å². The highest BCUT2D eigenvalue weighted by molar-refractivity contribution is 5.98. The van der Waals surface area contributed by atoms with Crippen LogP contribution in [0, 0.1) is 5.92 Å². The minimum atomic E-state index is 0.0925. The standard InChI is InChI=1S/C17H17NO2/c19-17(12-9-13-6-7-14(10-12)20-13)16-8-5-11-3-1-2-4-15(11)18-16/h1-5,8,12-14H,6-7,9-10H2. The number of ether oxygens (including phenoxy) is 1. The van der Waals surface area contributed by atoms with Gasteiger partial charge >= 0.3 is 0 Å². The molecule has 3 heteroatoms. The zero-order chi connectivity index (χ0) is 13.5. The Labute approximate surface area is 118 Å². The summed E-state index contributed by atoms with van der Waals surface area (Å²) in [6, 6.07) is 11.8. The molecule has 2 fully saturated rings. The van der Waals surface area contributed by atoms with Gasteiger partial charge in [-0.3, -0.25) is 4.79 Å². The number of rotatable bonds is 2. The summed E-state index contributed by atoms with van der Waals surface area (Å²) in [6.07, 6.45) is 4.54. The molecule has 0 N–H and O–H groups in total. The number of Topliss-reactive ketones (excluding diaryl/α,β-unsaturated/α-hetero) is 1. The number of carbonyl (C=O) groups is 1. The van der Waals surface area contributed by atoms with E-state index in [4.69, 9.17) is 4.74 Å². The summed E-state index contributed by atoms with van der Waals surface area (Å²) in [5.41, 5.74) is 1.50. The first-order valence-corrected chi connectivity index (χ1v) is 7.35. The average Bonchev–Trinajstić information content (AvgIpc) is 2.84. The second-order valence-corrected chi connectivity index (χ2v) is 5.88. The van der Waals surface area contributed by atoms with E-state index in [9.17, 15) is 4.79 Å². The molecule has 2 aliphatic rings. The maximum atomic E-state index is 12.6. The summed E-state index contributed by atoms with van der Waals surface area (Å²) < 4.78 is 5.81. The highest BCUT2D eigenvalue weighted by Crippen LogP contribution is 2.37. The van der Waals surface area contributed by atoms with Crippen molar-refractivity contribution in [3.05, 3.63) is 42.1 Å². The van der Waals surface area contributed by atoms with Crippen LogP contribution >= 0.6 is 0 Å². The van der Waals surface area contributed by atoms with Gasteiger partial charge in [-0.1, -0.05) is 24.3 Å². The van der Waals surface area contributed by atoms with E-state index < -0.39 is 0 Å². The van der Waals surface area contributed by atoms with E-state index in [2.05, 4.69) is 4.98 Å². The summed E-state index contributed by atoms with van der Waals surface area (Å²) in [5.74, 6) is 0.283. The van der Waals surface area contributed by atoms with Crippen LogP contribution in [-0.4, -0.2) is 23.0 Å². The van der Waals surface area contributed by atoms with Gasteiger partial charge < -0.3 is 4.74 Å². The maximum absolute atomic E-state index is 12.6. The van der Waals surface area contributed by atoms with Gasteiger partial charge in [0.15, 0.2) is 5.78 Å². The summed E-state index contributed by atoms with van der Waals surface area (Å²) in [4.78, 5) is 17.2. The van der Waals surface area contributed by atoms with E-state index in [1.807, 2.05) is 36.4 Å². The summed E-state index contributed by atoms with van der Waals surface area (Å²) in [7, 11) is 0. The fourth-order valence-corrected chi connectivity index (χ4v) is 3.48. The number of pyridine rings is 1. The Balaban J connectivity index is 1.63. The molecule has 3 nitrogen and oxygen atoms in total. The van der Waals surface area contributed by atoms with Crippen molar-refractivity contribution in [1.29, 1.82) is 0 Å². The van der Waals surface area contributed by atoms with Gasteiger partial charge in [-0.25, -0.2) is 4.98 Å². The van der Waals surface area contributed by atoms with Crippen molar-refractivity contribution < 1.29 is 9.53 Å². The monoisotopic (exact) mass is 267 g/mol. The van der Waals surface area contributed by atoms with Crippen LogP contribution in [0.15, 0.2) is 36.4 Å². The number of carbonyl (C=O) groups excluding carboxylic acids is 1. The SMILES string of the molecule is O=C(c1ccc2ccccc2n1)C1CC2CCC(C1)O2. The molecule has 2 saturated heterocycles. The van der Waals surface area contributed by atoms with Gasteiger partial charge in [-0.15, -0.1) is 0 Å². The molecule has 0 amide bonds. The lowest BCUT2D eigenvalue weighted by molar-refractivity contribution is -0.0150. The molecular formula is C17H17NO2. The van der Waals surface area contributed by atoms with Crippen LogP contribution < -0.4 is 0 Å². The smallest absolute Gasteiger partial charge is 0.184 e. The largest absolute Gasteiger partial charge is 0.375 e. The number of benzene rings is 1. The second-order valence-electron chi connectivity index (χ2n) is 5.88. The van der Waals surface area contributed by atoms with Crippen LogP contribution in [0.4, 0.5) is 0 Å². The molecule has 0 radical (unpaired) electrons. The van der Waals surface area contributed by atoms with E-state index in [1.165, 1.54) is 0 Å². The van der Waals surface area contributed by atoms with Crippen LogP contribution in [0.25, 0.3) is 10.9 Å². The van der Waals surface area contributed by atoms with Gasteiger partial charge in [0.05, 0.1) is 17.7 Å². The van der Waals surface area contributed by atoms with E-state index in [0.717, 1.165) is 36.6 Å². The number of para-hydroxylation sites is 1. The molecule has 2 aromatic rings. The lowest BCUT2D eigenvalue weighted by atomic mass is 9.89. The molecular weight excluding hydrogens is 250 g/mol. The summed E-state index contributed by atoms with van der Waals surface area (Å²) in [6.45, 7) is 0. The molecule has 2 aliphatic heterocycles. The predicted octanol–water partition coefficient (Wildman–Crippen LogP) is 3.38. The number of hydrogen-bond donors (Lipinski definition) is 0. The van der Waals surface area contributed by atoms with Gasteiger partial charge in [0.2, 0.25) is 0 Å². The van der Waals surface area contributed by atoms with Crippen LogP contribution in [0.5, 0.6) is 0 Å². The lowest BCUT2D eigenvalue weighted by Crippen LogP contribution is -2.30. The molecule has 3 heterocycles. The molecule has 2 atom stereocenters. The van der Waals surface area contributed by atoms with Crippen molar-refractivity contribution in [2.45, 2.75) is 37.9 Å². The predicted molar refractivity (Wildman–Crippen MR) is 76.7 cm³/mol. The summed E-state index contributed by atoms with van der Waals surface area (Å²) in [5, 5.41) is 1.08. The average molecular weight is 267 g/mol. The molecule has 20 heavy (non-hydrogen) atoms. The van der Waals surface area contributed by atoms with Crippen LogP contribution in [0.1, 0.15) is 36.2 Å². The Morgan fingerprint density at radius 1 is 1.05 bits per heavy atom. The summed E-state index contributed by atoms with van der Waals surface area (Å²) >= 11 is 0. The number of hydrogen-bond acceptors (Lipinski definition) is 3. The van der Waals surface area contributed by atoms with Crippen LogP contribution in [0.3, 0.4) is 0 Å². The zero-order valence-electron chi connectivity index (χ0n) is 11.3. The number of fused-ring (bicyclic) bond motifs is 3. The molecule has 102 valence electrons. The van der Waals surface area contributed by atoms with Crippen molar-refractivity contribution >= 4 is 16.7 Å². The van der Waals surface area contributed by atoms with E-state index in [0.29, 0.717) is 17.9 Å². The minimum absolute atomic E-state index is 0.0925. The van der Waals surface area contributed by atoms with Gasteiger partial charge in [0, 0.05) is 11.3 Å². The van der Waals surface area contributed by atoms with E-state index in [-0.39, 0.29) is 11.7 Å². The number of nitrogens with zero attached hydrogens (tertiary/aromatic N) is 1. The first-order valence-electron chi connectivity index (χ1n) is 7.35. The third-order valence-electron chi connectivity index (χ3n) is 4.51. The Hall–Kier alpha value is -1.74. The third-order valence-corrected chi connectivity index (χ3v) is 4.51. The fourth-order valence-electron chi connectivity index (χ4n) is 3.48. The molecule has 2 unspecified atom stereocenters. The number of aromatic nitrogens is 1. The van der Waals surface area contributed by atoms with Gasteiger partial charge in [0.1, 0.15) is 5.69 Å². The van der Waals surface area contributed by atoms with Gasteiger partial charge in [-0.05, 0) is 37.8 Å². The molecule has 0 saturated carbocycles. The van der Waals surface area contributed by atoms with Crippen LogP contribution in [0.2, 0.25) is 0 Å². The Bertz CT molecular complexity index is 655. The van der Waals surface area contributed by atoms with Crippen molar-refractivity contribution in [3.8, 4) is 0 Å². The van der Waals surface area contributed by atoms with Gasteiger partial charge in [0.25, 0.3) is 0 Å². The van der Waals surface area contributed by atoms with Crippen molar-refractivity contribution in [3.63, 3.8) is 0 Å². The molecule has 0 spiro atoms.